The van der Waals surface area contributed by atoms with Gasteiger partial charge in [0.05, 0.1) is 57.9 Å². The van der Waals surface area contributed by atoms with Crippen LogP contribution in [0, 0.1) is 5.82 Å². The van der Waals surface area contributed by atoms with Crippen molar-refractivity contribution in [1.82, 2.24) is 25.6 Å². The molecule has 0 radical (unpaired) electrons. The van der Waals surface area contributed by atoms with E-state index in [0.29, 0.717) is 47.8 Å². The summed E-state index contributed by atoms with van der Waals surface area (Å²) < 4.78 is 14.4. The number of aryl methyl sites for hydroxylation is 1. The first-order valence-electron chi connectivity index (χ1n) is 9.58. The van der Waals surface area contributed by atoms with Crippen molar-refractivity contribution in [2.24, 2.45) is 0 Å². The number of fused-ring (bicyclic) bond motifs is 1. The van der Waals surface area contributed by atoms with E-state index in [1.807, 2.05) is 0 Å². The highest BCUT2D eigenvalue weighted by Crippen LogP contribution is 2.34. The molecular formula is C21H18ClFN6O2. The van der Waals surface area contributed by atoms with E-state index in [9.17, 15) is 14.0 Å². The lowest BCUT2D eigenvalue weighted by molar-refractivity contribution is -0.109. The lowest BCUT2D eigenvalue weighted by Gasteiger charge is -2.13. The van der Waals surface area contributed by atoms with Crippen molar-refractivity contribution in [1.29, 1.82) is 0 Å². The van der Waals surface area contributed by atoms with Gasteiger partial charge in [-0.25, -0.2) is 14.4 Å². The van der Waals surface area contributed by atoms with Crippen molar-refractivity contribution in [3.8, 4) is 11.3 Å². The molecule has 0 spiro atoms. The van der Waals surface area contributed by atoms with Gasteiger partial charge in [0.25, 0.3) is 5.91 Å². The Morgan fingerprint density at radius 1 is 1.23 bits per heavy atom. The van der Waals surface area contributed by atoms with Crippen molar-refractivity contribution in [3.05, 3.63) is 64.5 Å². The summed E-state index contributed by atoms with van der Waals surface area (Å²) in [6, 6.07) is 5.99. The molecule has 0 aliphatic carbocycles. The number of amides is 2. The first-order chi connectivity index (χ1) is 15.1. The Balaban J connectivity index is 1.63. The molecule has 2 amide bonds. The van der Waals surface area contributed by atoms with Crippen LogP contribution in [0.2, 0.25) is 5.02 Å². The second-order valence-corrected chi connectivity index (χ2v) is 7.26. The zero-order chi connectivity index (χ0) is 21.8. The first kappa shape index (κ1) is 20.7. The van der Waals surface area contributed by atoms with E-state index >= 15 is 0 Å². The highest BCUT2D eigenvalue weighted by Gasteiger charge is 2.27. The number of anilines is 2. The fourth-order valence-corrected chi connectivity index (χ4v) is 3.58. The summed E-state index contributed by atoms with van der Waals surface area (Å²) in [5.74, 6) is -0.353. The Bertz CT molecular complexity index is 1120. The molecule has 0 saturated carbocycles. The Labute approximate surface area is 182 Å². The molecular weight excluding hydrogens is 423 g/mol. The van der Waals surface area contributed by atoms with Crippen molar-refractivity contribution >= 4 is 35.4 Å². The van der Waals surface area contributed by atoms with Gasteiger partial charge in [0.1, 0.15) is 11.6 Å². The topological polar surface area (TPSA) is 109 Å². The molecule has 0 atom stereocenters. The summed E-state index contributed by atoms with van der Waals surface area (Å²) in [6.45, 7) is 0.799. The maximum atomic E-state index is 14.4. The Morgan fingerprint density at radius 3 is 2.84 bits per heavy atom. The molecule has 2 aromatic heterocycles. The molecule has 1 aliphatic rings. The molecule has 0 bridgehead atoms. The quantitative estimate of drug-likeness (QED) is 0.367. The third-order valence-corrected chi connectivity index (χ3v) is 5.08. The van der Waals surface area contributed by atoms with Crippen LogP contribution < -0.4 is 16.0 Å². The first-order valence-corrected chi connectivity index (χ1v) is 9.96. The lowest BCUT2D eigenvalue weighted by Crippen LogP contribution is -2.14. The molecule has 31 heavy (non-hydrogen) atoms. The molecule has 4 rings (SSSR count). The molecule has 8 nitrogen and oxygen atoms in total. The normalized spacial score (nSPS) is 12.3. The van der Waals surface area contributed by atoms with Gasteiger partial charge in [0.2, 0.25) is 6.41 Å². The number of nitrogens with zero attached hydrogens (tertiary/aromatic N) is 3. The van der Waals surface area contributed by atoms with Crippen LogP contribution in [0.25, 0.3) is 11.3 Å². The van der Waals surface area contributed by atoms with Crippen LogP contribution in [-0.2, 0) is 17.8 Å². The summed E-state index contributed by atoms with van der Waals surface area (Å²) in [7, 11) is 0. The van der Waals surface area contributed by atoms with Crippen molar-refractivity contribution in [2.75, 3.05) is 11.9 Å². The van der Waals surface area contributed by atoms with Gasteiger partial charge in [-0.2, -0.15) is 0 Å². The van der Waals surface area contributed by atoms with Crippen LogP contribution in [0.5, 0.6) is 0 Å². The smallest absolute Gasteiger partial charge is 0.255 e. The number of hydrogen-bond acceptors (Lipinski definition) is 6. The molecule has 0 unspecified atom stereocenters. The van der Waals surface area contributed by atoms with E-state index in [0.717, 1.165) is 12.1 Å². The molecule has 0 saturated heterocycles. The zero-order valence-electron chi connectivity index (χ0n) is 16.3. The number of benzene rings is 1. The van der Waals surface area contributed by atoms with Crippen LogP contribution in [-0.4, -0.2) is 33.8 Å². The van der Waals surface area contributed by atoms with Gasteiger partial charge in [-0.3, -0.25) is 14.6 Å². The number of carbonyl (C=O) groups excluding carboxylic acids is 2. The Morgan fingerprint density at radius 2 is 2.10 bits per heavy atom. The number of nitrogens with one attached hydrogen (secondary N) is 3. The molecule has 1 aromatic carbocycles. The average Bonchev–Trinajstić information content (AvgIpc) is 3.13. The maximum Gasteiger partial charge on any atom is 0.255 e. The number of rotatable bonds is 8. The van der Waals surface area contributed by atoms with Crippen LogP contribution in [0.4, 0.5) is 15.9 Å². The average molecular weight is 441 g/mol. The molecule has 1 aliphatic heterocycles. The van der Waals surface area contributed by atoms with Gasteiger partial charge < -0.3 is 16.0 Å². The van der Waals surface area contributed by atoms with Crippen molar-refractivity contribution < 1.29 is 14.0 Å². The largest absolute Gasteiger partial charge is 0.359 e. The Hall–Kier alpha value is -3.59. The lowest BCUT2D eigenvalue weighted by atomic mass is 10.1. The van der Waals surface area contributed by atoms with Gasteiger partial charge >= 0.3 is 0 Å². The molecule has 3 heterocycles. The molecule has 158 valence electrons. The van der Waals surface area contributed by atoms with Crippen molar-refractivity contribution in [3.63, 3.8) is 0 Å². The Kier molecular flexibility index (Phi) is 6.03. The minimum Gasteiger partial charge on any atom is -0.359 e. The fourth-order valence-electron chi connectivity index (χ4n) is 3.32. The maximum absolute atomic E-state index is 14.4. The number of pyridine rings is 1. The predicted molar refractivity (Wildman–Crippen MR) is 114 cm³/mol. The van der Waals surface area contributed by atoms with Gasteiger partial charge in [0, 0.05) is 6.54 Å². The van der Waals surface area contributed by atoms with E-state index in [2.05, 4.69) is 30.9 Å². The van der Waals surface area contributed by atoms with E-state index in [1.165, 1.54) is 12.1 Å². The summed E-state index contributed by atoms with van der Waals surface area (Å²) >= 11 is 6.21. The van der Waals surface area contributed by atoms with E-state index in [-0.39, 0.29) is 23.0 Å². The summed E-state index contributed by atoms with van der Waals surface area (Å²) in [6.07, 6.45) is 5.24. The minimum atomic E-state index is -0.503. The van der Waals surface area contributed by atoms with Gasteiger partial charge in [-0.1, -0.05) is 17.7 Å². The number of halogens is 2. The molecule has 3 N–H and O–H groups in total. The summed E-state index contributed by atoms with van der Waals surface area (Å²) in [5.41, 5.74) is 2.56. The fraction of sp³-hybridized carbons (Fsp3) is 0.190. The van der Waals surface area contributed by atoms with E-state index in [4.69, 9.17) is 11.6 Å². The molecule has 3 aromatic rings. The third-order valence-electron chi connectivity index (χ3n) is 4.76. The SMILES string of the molecule is O=CNCCCc1cnc(Nc2cc(-c3c(F)cccc3Cl)nc3c2C(=O)NC3)cn1. The van der Waals surface area contributed by atoms with E-state index < -0.39 is 5.82 Å². The number of aromatic nitrogens is 3. The standard InChI is InChI=1S/C21H18ClFN6O2/c22-13-4-1-5-14(23)19(13)15-7-16(20-17(28-15)9-27-21(20)31)29-18-10-25-12(8-26-18)3-2-6-24-11-30/h1,4-5,7-8,10-11H,2-3,6,9H2,(H,24,30)(H,27,31)(H,26,28,29). The van der Waals surface area contributed by atoms with Crippen LogP contribution in [0.15, 0.2) is 36.7 Å². The van der Waals surface area contributed by atoms with Crippen LogP contribution >= 0.6 is 11.6 Å². The second kappa shape index (κ2) is 9.05. The number of hydrogen-bond donors (Lipinski definition) is 3. The highest BCUT2D eigenvalue weighted by molar-refractivity contribution is 6.33. The van der Waals surface area contributed by atoms with Gasteiger partial charge in [-0.05, 0) is 31.0 Å². The number of carbonyl (C=O) groups is 2. The van der Waals surface area contributed by atoms with Gasteiger partial charge in [0.15, 0.2) is 0 Å². The predicted octanol–water partition coefficient (Wildman–Crippen LogP) is 3.00. The van der Waals surface area contributed by atoms with Gasteiger partial charge in [-0.15, -0.1) is 0 Å². The highest BCUT2D eigenvalue weighted by atomic mass is 35.5. The minimum absolute atomic E-state index is 0.166. The van der Waals surface area contributed by atoms with Crippen LogP contribution in [0.1, 0.15) is 28.2 Å². The van der Waals surface area contributed by atoms with Crippen LogP contribution in [0.3, 0.4) is 0 Å². The molecule has 10 heteroatoms. The monoisotopic (exact) mass is 440 g/mol. The summed E-state index contributed by atoms with van der Waals surface area (Å²) in [5, 5.41) is 8.64. The second-order valence-electron chi connectivity index (χ2n) is 6.85. The molecule has 0 fully saturated rings. The summed E-state index contributed by atoms with van der Waals surface area (Å²) in [4.78, 5) is 35.8. The third kappa shape index (κ3) is 4.46. The van der Waals surface area contributed by atoms with E-state index in [1.54, 1.807) is 24.5 Å². The zero-order valence-corrected chi connectivity index (χ0v) is 17.0. The van der Waals surface area contributed by atoms with Crippen molar-refractivity contribution in [2.45, 2.75) is 19.4 Å².